The molecule has 0 spiro atoms. The summed E-state index contributed by atoms with van der Waals surface area (Å²) in [5.74, 6) is 0.915. The molecule has 12 nitrogen and oxygen atoms in total. The van der Waals surface area contributed by atoms with Gasteiger partial charge in [0.15, 0.2) is 0 Å². The quantitative estimate of drug-likeness (QED) is 0.104. The zero-order valence-corrected chi connectivity index (χ0v) is 32.9. The van der Waals surface area contributed by atoms with E-state index < -0.39 is 8.07 Å². The summed E-state index contributed by atoms with van der Waals surface area (Å²) in [6.07, 6.45) is 2.50. The van der Waals surface area contributed by atoms with E-state index in [1.807, 2.05) is 41.2 Å². The molecular weight excluding hydrogens is 673 g/mol. The average Bonchev–Trinajstić information content (AvgIpc) is 3.56. The number of rotatable bonds is 15. The Balaban J connectivity index is 1.19. The van der Waals surface area contributed by atoms with Gasteiger partial charge in [0.1, 0.15) is 25.8 Å². The first-order valence-electron chi connectivity index (χ1n) is 18.9. The molecule has 52 heavy (non-hydrogen) atoms. The van der Waals surface area contributed by atoms with Crippen LogP contribution in [-0.2, 0) is 35.8 Å². The Morgan fingerprint density at radius 3 is 2.42 bits per heavy atom. The lowest BCUT2D eigenvalue weighted by Crippen LogP contribution is -2.49. The lowest BCUT2D eigenvalue weighted by Gasteiger charge is -2.38. The number of hydrogen-bond acceptors (Lipinski definition) is 10. The van der Waals surface area contributed by atoms with Crippen LogP contribution in [0.15, 0.2) is 48.7 Å². The molecule has 2 aliphatic heterocycles. The smallest absolute Gasteiger partial charge is 0.410 e. The highest BCUT2D eigenvalue weighted by atomic mass is 28.3. The zero-order chi connectivity index (χ0) is 36.7. The van der Waals surface area contributed by atoms with Gasteiger partial charge in [0.2, 0.25) is 0 Å². The number of aromatic nitrogens is 4. The van der Waals surface area contributed by atoms with Crippen LogP contribution in [0, 0.1) is 6.92 Å². The van der Waals surface area contributed by atoms with Gasteiger partial charge < -0.3 is 33.8 Å². The molecular formula is C39H56N8O4Si. The van der Waals surface area contributed by atoms with Gasteiger partial charge in [0, 0.05) is 64.9 Å². The molecule has 0 saturated carbocycles. The minimum atomic E-state index is -1.17. The van der Waals surface area contributed by atoms with Gasteiger partial charge in [0.25, 0.3) is 0 Å². The van der Waals surface area contributed by atoms with Crippen LogP contribution in [0.5, 0.6) is 6.01 Å². The van der Waals surface area contributed by atoms with E-state index in [1.165, 1.54) is 11.3 Å². The van der Waals surface area contributed by atoms with Crippen molar-refractivity contribution < 1.29 is 19.0 Å². The third-order valence-corrected chi connectivity index (χ3v) is 11.8. The van der Waals surface area contributed by atoms with E-state index in [1.54, 1.807) is 4.90 Å². The van der Waals surface area contributed by atoms with Gasteiger partial charge in [-0.2, -0.15) is 15.1 Å². The Hall–Kier alpha value is -4.20. The maximum atomic E-state index is 12.9. The van der Waals surface area contributed by atoms with Crippen LogP contribution in [-0.4, -0.2) is 109 Å². The number of nitrogens with zero attached hydrogens (tertiary/aromatic N) is 8. The highest BCUT2D eigenvalue weighted by Gasteiger charge is 2.30. The van der Waals surface area contributed by atoms with Gasteiger partial charge in [-0.25, -0.2) is 9.48 Å². The molecule has 13 heteroatoms. The number of piperazine rings is 1. The monoisotopic (exact) mass is 728 g/mol. The van der Waals surface area contributed by atoms with Crippen molar-refractivity contribution in [2.75, 3.05) is 75.4 Å². The molecule has 0 aliphatic carbocycles. The number of benzene rings is 2. The van der Waals surface area contributed by atoms with E-state index in [0.717, 1.165) is 78.8 Å². The SMILES string of the molecule is CCN(CC)CCOc1nc2c(c(N3CCN(C(=O)OCc4ccccc4)CC3)n1)CCN(c1c(C)ccc3c1cnn3COCC[Si](C)(C)C)C2. The Bertz CT molecular complexity index is 1780. The number of hydrogen-bond donors (Lipinski definition) is 0. The second-order valence-electron chi connectivity index (χ2n) is 15.0. The van der Waals surface area contributed by atoms with Crippen LogP contribution >= 0.6 is 0 Å². The molecule has 4 heterocycles. The summed E-state index contributed by atoms with van der Waals surface area (Å²) in [5, 5.41) is 5.87. The van der Waals surface area contributed by atoms with E-state index in [0.29, 0.717) is 52.1 Å². The molecule has 2 aromatic heterocycles. The molecule has 0 radical (unpaired) electrons. The van der Waals surface area contributed by atoms with Crippen molar-refractivity contribution in [2.24, 2.45) is 0 Å². The Kier molecular flexibility index (Phi) is 12.3. The third-order valence-electron chi connectivity index (χ3n) is 10.1. The molecule has 1 saturated heterocycles. The standard InChI is InChI=1S/C39H56N8O4Si/c1-7-43(8-2)22-23-50-38-41-34-27-46(36-30(3)14-15-35-33(36)26-40-47(35)29-49-24-25-52(4,5)6)17-16-32(34)37(42-38)44-18-20-45(21-19-44)39(48)51-28-31-12-10-9-11-13-31/h9-15,26H,7-8,16-25,27-29H2,1-6H3. The minimum absolute atomic E-state index is 0.268. The fourth-order valence-electron chi connectivity index (χ4n) is 6.92. The fraction of sp³-hybridized carbons (Fsp3) is 0.538. The number of aryl methyl sites for hydroxylation is 1. The predicted molar refractivity (Wildman–Crippen MR) is 209 cm³/mol. The van der Waals surface area contributed by atoms with E-state index in [9.17, 15) is 4.79 Å². The van der Waals surface area contributed by atoms with Crippen LogP contribution in [0.1, 0.15) is 36.2 Å². The number of carbonyl (C=O) groups excluding carboxylic acids is 1. The number of amides is 1. The van der Waals surface area contributed by atoms with Crippen molar-refractivity contribution in [3.8, 4) is 6.01 Å². The second-order valence-corrected chi connectivity index (χ2v) is 20.6. The van der Waals surface area contributed by atoms with Crippen LogP contribution in [0.2, 0.25) is 25.7 Å². The van der Waals surface area contributed by atoms with Gasteiger partial charge >= 0.3 is 12.1 Å². The second kappa shape index (κ2) is 17.1. The minimum Gasteiger partial charge on any atom is -0.462 e. The molecule has 2 aliphatic rings. The summed E-state index contributed by atoms with van der Waals surface area (Å²) >= 11 is 0. The largest absolute Gasteiger partial charge is 0.462 e. The number of carbonyl (C=O) groups is 1. The van der Waals surface area contributed by atoms with Gasteiger partial charge in [0.05, 0.1) is 29.6 Å². The van der Waals surface area contributed by atoms with Crippen LogP contribution in [0.4, 0.5) is 16.3 Å². The predicted octanol–water partition coefficient (Wildman–Crippen LogP) is 6.19. The maximum Gasteiger partial charge on any atom is 0.410 e. The maximum absolute atomic E-state index is 12.9. The first-order chi connectivity index (χ1) is 25.1. The Labute approximate surface area is 309 Å². The van der Waals surface area contributed by atoms with Crippen molar-refractivity contribution in [1.82, 2.24) is 29.5 Å². The molecule has 0 atom stereocenters. The van der Waals surface area contributed by atoms with Gasteiger partial charge in [-0.15, -0.1) is 0 Å². The Morgan fingerprint density at radius 1 is 0.923 bits per heavy atom. The van der Waals surface area contributed by atoms with Gasteiger partial charge in [-0.3, -0.25) is 0 Å². The highest BCUT2D eigenvalue weighted by Crippen LogP contribution is 2.36. The van der Waals surface area contributed by atoms with Crippen molar-refractivity contribution in [1.29, 1.82) is 0 Å². The molecule has 4 aromatic rings. The molecule has 280 valence electrons. The summed E-state index contributed by atoms with van der Waals surface area (Å²) < 4.78 is 19.9. The summed E-state index contributed by atoms with van der Waals surface area (Å²) in [6.45, 7) is 22.2. The van der Waals surface area contributed by atoms with E-state index >= 15 is 0 Å². The van der Waals surface area contributed by atoms with Crippen molar-refractivity contribution in [3.05, 3.63) is 71.0 Å². The van der Waals surface area contributed by atoms with Crippen molar-refractivity contribution in [3.63, 3.8) is 0 Å². The molecule has 0 N–H and O–H groups in total. The summed E-state index contributed by atoms with van der Waals surface area (Å²) in [5.41, 5.74) is 6.58. The molecule has 1 amide bonds. The summed E-state index contributed by atoms with van der Waals surface area (Å²) in [6, 6.07) is 15.7. The lowest BCUT2D eigenvalue weighted by atomic mass is 10.0. The number of ether oxygens (including phenoxy) is 3. The van der Waals surface area contributed by atoms with Crippen LogP contribution < -0.4 is 14.5 Å². The number of fused-ring (bicyclic) bond motifs is 2. The van der Waals surface area contributed by atoms with E-state index in [-0.39, 0.29) is 12.7 Å². The first kappa shape index (κ1) is 37.6. The molecule has 1 fully saturated rings. The van der Waals surface area contributed by atoms with Gasteiger partial charge in [-0.1, -0.05) is 69.9 Å². The van der Waals surface area contributed by atoms with Crippen molar-refractivity contribution in [2.45, 2.75) is 72.8 Å². The molecule has 6 rings (SSSR count). The zero-order valence-electron chi connectivity index (χ0n) is 31.9. The Morgan fingerprint density at radius 2 is 1.69 bits per heavy atom. The van der Waals surface area contributed by atoms with E-state index in [4.69, 9.17) is 29.3 Å². The normalized spacial score (nSPS) is 15.0. The van der Waals surface area contributed by atoms with Crippen molar-refractivity contribution >= 4 is 36.6 Å². The van der Waals surface area contributed by atoms with Crippen LogP contribution in [0.25, 0.3) is 10.9 Å². The number of anilines is 2. The molecule has 0 bridgehead atoms. The highest BCUT2D eigenvalue weighted by molar-refractivity contribution is 6.76. The van der Waals surface area contributed by atoms with Crippen LogP contribution in [0.3, 0.4) is 0 Å². The summed E-state index contributed by atoms with van der Waals surface area (Å²) in [7, 11) is -1.17. The van der Waals surface area contributed by atoms with E-state index in [2.05, 4.69) is 67.2 Å². The average molecular weight is 729 g/mol. The molecule has 2 aromatic carbocycles. The third kappa shape index (κ3) is 9.23. The number of likely N-dealkylation sites (N-methyl/N-ethyl adjacent to an activating group) is 1. The first-order valence-corrected chi connectivity index (χ1v) is 22.6. The molecule has 0 unspecified atom stereocenters. The fourth-order valence-corrected chi connectivity index (χ4v) is 7.68. The lowest BCUT2D eigenvalue weighted by molar-refractivity contribution is 0.0817. The topological polar surface area (TPSA) is 101 Å². The van der Waals surface area contributed by atoms with Gasteiger partial charge in [-0.05, 0) is 49.7 Å². The summed E-state index contributed by atoms with van der Waals surface area (Å²) in [4.78, 5) is 31.8.